The lowest BCUT2D eigenvalue weighted by Crippen LogP contribution is -2.26. The van der Waals surface area contributed by atoms with Crippen molar-refractivity contribution in [1.82, 2.24) is 4.31 Å². The maximum atomic E-state index is 12.4. The summed E-state index contributed by atoms with van der Waals surface area (Å²) in [5, 5.41) is 0. The molecule has 0 amide bonds. The molecule has 0 aromatic heterocycles. The van der Waals surface area contributed by atoms with Crippen LogP contribution in [0.15, 0.2) is 59.5 Å². The van der Waals surface area contributed by atoms with E-state index in [9.17, 15) is 13.2 Å². The summed E-state index contributed by atoms with van der Waals surface area (Å²) in [6.45, 7) is 2.29. The Bertz CT molecular complexity index is 755. The van der Waals surface area contributed by atoms with Gasteiger partial charge in [0.25, 0.3) is 0 Å². The number of ether oxygens (including phenoxy) is 1. The Morgan fingerprint density at radius 3 is 2.22 bits per heavy atom. The quantitative estimate of drug-likeness (QED) is 0.763. The number of carbonyl (C=O) groups is 1. The average molecular weight is 333 g/mol. The molecule has 0 atom stereocenters. The Kier molecular flexibility index (Phi) is 5.52. The Labute approximate surface area is 136 Å². The van der Waals surface area contributed by atoms with E-state index in [0.29, 0.717) is 12.2 Å². The molecule has 0 radical (unpaired) electrons. The van der Waals surface area contributed by atoms with E-state index in [4.69, 9.17) is 4.74 Å². The van der Waals surface area contributed by atoms with Gasteiger partial charge in [0.1, 0.15) is 0 Å². The third-order valence-electron chi connectivity index (χ3n) is 3.32. The van der Waals surface area contributed by atoms with Crippen LogP contribution in [0.1, 0.15) is 22.8 Å². The normalized spacial score (nSPS) is 11.4. The first-order valence-electron chi connectivity index (χ1n) is 7.22. The molecule has 2 aromatic rings. The molecule has 0 saturated heterocycles. The Morgan fingerprint density at radius 2 is 1.65 bits per heavy atom. The van der Waals surface area contributed by atoms with Crippen LogP contribution < -0.4 is 0 Å². The zero-order valence-electron chi connectivity index (χ0n) is 13.1. The molecule has 0 aliphatic heterocycles. The van der Waals surface area contributed by atoms with Crippen molar-refractivity contribution in [3.63, 3.8) is 0 Å². The van der Waals surface area contributed by atoms with Crippen molar-refractivity contribution in [2.45, 2.75) is 18.4 Å². The highest BCUT2D eigenvalue weighted by Gasteiger charge is 2.20. The summed E-state index contributed by atoms with van der Waals surface area (Å²) in [5.74, 6) is -0.385. The first-order valence-corrected chi connectivity index (χ1v) is 8.66. The van der Waals surface area contributed by atoms with Gasteiger partial charge in [0.2, 0.25) is 10.0 Å². The number of esters is 1. The van der Waals surface area contributed by atoms with Gasteiger partial charge in [-0.05, 0) is 36.8 Å². The monoisotopic (exact) mass is 333 g/mol. The zero-order chi connectivity index (χ0) is 16.9. The average Bonchev–Trinajstić information content (AvgIpc) is 2.56. The standard InChI is InChI=1S/C17H19NO4S/c1-3-22-17(19)15-11-9-14(10-12-15)13-18(2)23(20,21)16-7-5-4-6-8-16/h4-12H,3,13H2,1-2H3. The molecule has 122 valence electrons. The minimum absolute atomic E-state index is 0.223. The fourth-order valence-corrected chi connectivity index (χ4v) is 3.26. The second-order valence-electron chi connectivity index (χ2n) is 4.99. The lowest BCUT2D eigenvalue weighted by Gasteiger charge is -2.17. The van der Waals surface area contributed by atoms with Gasteiger partial charge in [0.05, 0.1) is 17.1 Å². The van der Waals surface area contributed by atoms with Gasteiger partial charge in [-0.2, -0.15) is 4.31 Å². The van der Waals surface area contributed by atoms with Crippen LogP contribution in [0.3, 0.4) is 0 Å². The van der Waals surface area contributed by atoms with Crippen LogP contribution in [-0.2, 0) is 21.3 Å². The lowest BCUT2D eigenvalue weighted by atomic mass is 10.1. The van der Waals surface area contributed by atoms with Gasteiger partial charge in [-0.3, -0.25) is 0 Å². The fraction of sp³-hybridized carbons (Fsp3) is 0.235. The molecule has 0 spiro atoms. The molecule has 5 nitrogen and oxygen atoms in total. The predicted molar refractivity (Wildman–Crippen MR) is 87.5 cm³/mol. The molecule has 0 fully saturated rings. The lowest BCUT2D eigenvalue weighted by molar-refractivity contribution is 0.0526. The predicted octanol–water partition coefficient (Wildman–Crippen LogP) is 2.68. The summed E-state index contributed by atoms with van der Waals surface area (Å²) < 4.78 is 31.1. The van der Waals surface area contributed by atoms with E-state index in [2.05, 4.69) is 0 Å². The molecule has 0 bridgehead atoms. The van der Waals surface area contributed by atoms with Crippen LogP contribution in [0.2, 0.25) is 0 Å². The van der Waals surface area contributed by atoms with E-state index in [1.807, 2.05) is 0 Å². The number of nitrogens with zero attached hydrogens (tertiary/aromatic N) is 1. The highest BCUT2D eigenvalue weighted by atomic mass is 32.2. The molecule has 23 heavy (non-hydrogen) atoms. The SMILES string of the molecule is CCOC(=O)c1ccc(CN(C)S(=O)(=O)c2ccccc2)cc1. The van der Waals surface area contributed by atoms with Gasteiger partial charge in [-0.1, -0.05) is 30.3 Å². The molecule has 0 N–H and O–H groups in total. The van der Waals surface area contributed by atoms with Crippen LogP contribution in [0.4, 0.5) is 0 Å². The van der Waals surface area contributed by atoms with E-state index in [1.54, 1.807) is 61.5 Å². The van der Waals surface area contributed by atoms with Crippen molar-refractivity contribution in [2.75, 3.05) is 13.7 Å². The van der Waals surface area contributed by atoms with Gasteiger partial charge < -0.3 is 4.74 Å². The largest absolute Gasteiger partial charge is 0.462 e. The summed E-state index contributed by atoms with van der Waals surface area (Å²) >= 11 is 0. The molecular formula is C17H19NO4S. The van der Waals surface area contributed by atoms with E-state index < -0.39 is 10.0 Å². The summed E-state index contributed by atoms with van der Waals surface area (Å²) in [4.78, 5) is 11.8. The Hall–Kier alpha value is -2.18. The van der Waals surface area contributed by atoms with Gasteiger partial charge in [-0.25, -0.2) is 13.2 Å². The first kappa shape index (κ1) is 17.2. The topological polar surface area (TPSA) is 63.7 Å². The number of benzene rings is 2. The summed E-state index contributed by atoms with van der Waals surface area (Å²) in [7, 11) is -2.00. The second kappa shape index (κ2) is 7.39. The number of hydrogen-bond acceptors (Lipinski definition) is 4. The van der Waals surface area contributed by atoms with Gasteiger partial charge >= 0.3 is 5.97 Å². The first-order chi connectivity index (χ1) is 10.9. The van der Waals surface area contributed by atoms with Crippen LogP contribution in [-0.4, -0.2) is 32.3 Å². The van der Waals surface area contributed by atoms with Crippen molar-refractivity contribution in [3.05, 3.63) is 65.7 Å². The van der Waals surface area contributed by atoms with Gasteiger partial charge in [-0.15, -0.1) is 0 Å². The maximum absolute atomic E-state index is 12.4. The minimum Gasteiger partial charge on any atom is -0.462 e. The molecule has 2 aromatic carbocycles. The molecule has 0 saturated carbocycles. The van der Waals surface area contributed by atoms with Crippen LogP contribution >= 0.6 is 0 Å². The Morgan fingerprint density at radius 1 is 1.04 bits per heavy atom. The van der Waals surface area contributed by atoms with Crippen molar-refractivity contribution in [2.24, 2.45) is 0 Å². The van der Waals surface area contributed by atoms with Crippen molar-refractivity contribution in [1.29, 1.82) is 0 Å². The summed E-state index contributed by atoms with van der Waals surface area (Å²) in [6.07, 6.45) is 0. The number of carbonyl (C=O) groups excluding carboxylic acids is 1. The van der Waals surface area contributed by atoms with Crippen molar-refractivity contribution < 1.29 is 17.9 Å². The van der Waals surface area contributed by atoms with Gasteiger partial charge in [0.15, 0.2) is 0 Å². The van der Waals surface area contributed by atoms with E-state index in [0.717, 1.165) is 5.56 Å². The fourth-order valence-electron chi connectivity index (χ4n) is 2.08. The minimum atomic E-state index is -3.53. The van der Waals surface area contributed by atoms with E-state index in [1.165, 1.54) is 11.4 Å². The summed E-state index contributed by atoms with van der Waals surface area (Å²) in [6, 6.07) is 15.0. The van der Waals surface area contributed by atoms with Crippen LogP contribution in [0, 0.1) is 0 Å². The second-order valence-corrected chi connectivity index (χ2v) is 7.04. The molecule has 0 heterocycles. The van der Waals surface area contributed by atoms with Crippen LogP contribution in [0.25, 0.3) is 0 Å². The molecule has 0 aliphatic carbocycles. The van der Waals surface area contributed by atoms with E-state index in [-0.39, 0.29) is 17.4 Å². The Balaban J connectivity index is 2.11. The smallest absolute Gasteiger partial charge is 0.338 e. The summed E-state index contributed by atoms with van der Waals surface area (Å²) in [5.41, 5.74) is 1.24. The third kappa shape index (κ3) is 4.18. The third-order valence-corrected chi connectivity index (χ3v) is 5.14. The van der Waals surface area contributed by atoms with E-state index >= 15 is 0 Å². The van der Waals surface area contributed by atoms with Crippen LogP contribution in [0.5, 0.6) is 0 Å². The molecule has 2 rings (SSSR count). The molecule has 6 heteroatoms. The number of sulfonamides is 1. The van der Waals surface area contributed by atoms with Crippen molar-refractivity contribution >= 4 is 16.0 Å². The molecule has 0 aliphatic rings. The zero-order valence-corrected chi connectivity index (χ0v) is 13.9. The number of hydrogen-bond donors (Lipinski definition) is 0. The number of rotatable bonds is 6. The highest BCUT2D eigenvalue weighted by Crippen LogP contribution is 2.16. The molecular weight excluding hydrogens is 314 g/mol. The van der Waals surface area contributed by atoms with Crippen molar-refractivity contribution in [3.8, 4) is 0 Å². The van der Waals surface area contributed by atoms with Gasteiger partial charge in [0, 0.05) is 13.6 Å². The highest BCUT2D eigenvalue weighted by molar-refractivity contribution is 7.89. The maximum Gasteiger partial charge on any atom is 0.338 e. The molecule has 0 unspecified atom stereocenters.